The summed E-state index contributed by atoms with van der Waals surface area (Å²) in [5.41, 5.74) is -0.108. The lowest BCUT2D eigenvalue weighted by Crippen LogP contribution is -2.14. The maximum absolute atomic E-state index is 11.6. The standard InChI is InChI=1S/C11H21OP/c1-10(2)7-8-11(3,4)9-13(5,6)12/h10H,9H2,1-6H3. The average molecular weight is 200 g/mol. The predicted octanol–water partition coefficient (Wildman–Crippen LogP) is 3.29. The van der Waals surface area contributed by atoms with Crippen molar-refractivity contribution in [3.63, 3.8) is 0 Å². The summed E-state index contributed by atoms with van der Waals surface area (Å²) in [6.07, 6.45) is 0.708. The normalized spacial score (nSPS) is 12.5. The van der Waals surface area contributed by atoms with Crippen LogP contribution in [0.25, 0.3) is 0 Å². The van der Waals surface area contributed by atoms with Gasteiger partial charge in [0.25, 0.3) is 0 Å². The molecule has 0 amide bonds. The first kappa shape index (κ1) is 12.8. The zero-order valence-corrected chi connectivity index (χ0v) is 10.5. The largest absolute Gasteiger partial charge is 0.324 e. The third-order valence-electron chi connectivity index (χ3n) is 1.48. The van der Waals surface area contributed by atoms with Gasteiger partial charge in [0.15, 0.2) is 0 Å². The molecular formula is C11H21OP. The summed E-state index contributed by atoms with van der Waals surface area (Å²) in [6, 6.07) is 0. The Bertz CT molecular complexity index is 260. The smallest absolute Gasteiger partial charge is 0.0833 e. The molecule has 0 aromatic heterocycles. The van der Waals surface area contributed by atoms with Crippen molar-refractivity contribution in [3.8, 4) is 11.8 Å². The van der Waals surface area contributed by atoms with E-state index in [0.717, 1.165) is 0 Å². The minimum Gasteiger partial charge on any atom is -0.324 e. The molecule has 0 spiro atoms. The Balaban J connectivity index is 4.45. The highest BCUT2D eigenvalue weighted by Gasteiger charge is 2.22. The first-order valence-electron chi connectivity index (χ1n) is 4.69. The Labute approximate surface area is 82.7 Å². The molecule has 0 bridgehead atoms. The zero-order chi connectivity index (χ0) is 10.7. The van der Waals surface area contributed by atoms with E-state index in [2.05, 4.69) is 39.5 Å². The minimum absolute atomic E-state index is 0.108. The molecule has 0 saturated carbocycles. The lowest BCUT2D eigenvalue weighted by molar-refractivity contribution is 0.537. The second-order valence-corrected chi connectivity index (χ2v) is 8.50. The fraction of sp³-hybridized carbons (Fsp3) is 0.818. The minimum atomic E-state index is -1.95. The third kappa shape index (κ3) is 8.13. The molecule has 0 aliphatic rings. The van der Waals surface area contributed by atoms with E-state index in [0.29, 0.717) is 12.1 Å². The molecule has 0 unspecified atom stereocenters. The highest BCUT2D eigenvalue weighted by Crippen LogP contribution is 2.42. The van der Waals surface area contributed by atoms with Crippen molar-refractivity contribution in [3.05, 3.63) is 0 Å². The van der Waals surface area contributed by atoms with Crippen LogP contribution in [0.5, 0.6) is 0 Å². The molecule has 0 saturated heterocycles. The number of hydrogen-bond acceptors (Lipinski definition) is 1. The molecule has 0 aromatic carbocycles. The second-order valence-electron chi connectivity index (χ2n) is 5.04. The van der Waals surface area contributed by atoms with Gasteiger partial charge in [-0.3, -0.25) is 0 Å². The Morgan fingerprint density at radius 3 is 2.08 bits per heavy atom. The summed E-state index contributed by atoms with van der Waals surface area (Å²) in [5, 5.41) is 0. The first-order valence-corrected chi connectivity index (χ1v) is 7.48. The summed E-state index contributed by atoms with van der Waals surface area (Å²) in [4.78, 5) is 0. The van der Waals surface area contributed by atoms with E-state index in [4.69, 9.17) is 0 Å². The van der Waals surface area contributed by atoms with Gasteiger partial charge in [-0.2, -0.15) is 0 Å². The summed E-state index contributed by atoms with van der Waals surface area (Å²) in [7, 11) is -1.95. The summed E-state index contributed by atoms with van der Waals surface area (Å²) >= 11 is 0. The zero-order valence-electron chi connectivity index (χ0n) is 9.64. The van der Waals surface area contributed by atoms with Crippen LogP contribution in [0, 0.1) is 23.2 Å². The van der Waals surface area contributed by atoms with E-state index in [1.807, 2.05) is 13.3 Å². The molecule has 13 heavy (non-hydrogen) atoms. The van der Waals surface area contributed by atoms with E-state index < -0.39 is 7.14 Å². The maximum atomic E-state index is 11.6. The molecule has 0 N–H and O–H groups in total. The molecule has 1 nitrogen and oxygen atoms in total. The van der Waals surface area contributed by atoms with Gasteiger partial charge in [0, 0.05) is 17.5 Å². The molecular weight excluding hydrogens is 179 g/mol. The van der Waals surface area contributed by atoms with Gasteiger partial charge in [0.2, 0.25) is 0 Å². The summed E-state index contributed by atoms with van der Waals surface area (Å²) in [6.45, 7) is 11.9. The lowest BCUT2D eigenvalue weighted by Gasteiger charge is -2.20. The molecule has 0 heterocycles. The fourth-order valence-electron chi connectivity index (χ4n) is 1.33. The Hall–Kier alpha value is -0.210. The number of rotatable bonds is 2. The van der Waals surface area contributed by atoms with Crippen LogP contribution in [0.4, 0.5) is 0 Å². The molecule has 0 aromatic rings. The van der Waals surface area contributed by atoms with E-state index in [1.165, 1.54) is 0 Å². The van der Waals surface area contributed by atoms with Crippen LogP contribution in [0.3, 0.4) is 0 Å². The summed E-state index contributed by atoms with van der Waals surface area (Å²) in [5.74, 6) is 6.73. The monoisotopic (exact) mass is 200 g/mol. The molecule has 0 radical (unpaired) electrons. The van der Waals surface area contributed by atoms with Gasteiger partial charge >= 0.3 is 0 Å². The molecule has 76 valence electrons. The fourth-order valence-corrected chi connectivity index (χ4v) is 3.31. The van der Waals surface area contributed by atoms with Crippen molar-refractivity contribution >= 4 is 7.14 Å². The van der Waals surface area contributed by atoms with Gasteiger partial charge < -0.3 is 4.57 Å². The number of hydrogen-bond donors (Lipinski definition) is 0. The van der Waals surface area contributed by atoms with Crippen molar-refractivity contribution in [2.75, 3.05) is 19.5 Å². The highest BCUT2D eigenvalue weighted by molar-refractivity contribution is 7.62. The molecule has 0 fully saturated rings. The Kier molecular flexibility index (Phi) is 4.27. The average Bonchev–Trinajstić information content (AvgIpc) is 1.78. The van der Waals surface area contributed by atoms with E-state index >= 15 is 0 Å². The third-order valence-corrected chi connectivity index (χ3v) is 3.03. The van der Waals surface area contributed by atoms with Crippen molar-refractivity contribution in [1.82, 2.24) is 0 Å². The topological polar surface area (TPSA) is 17.1 Å². The van der Waals surface area contributed by atoms with E-state index in [-0.39, 0.29) is 5.41 Å². The second kappa shape index (κ2) is 4.34. The Morgan fingerprint density at radius 1 is 1.31 bits per heavy atom. The van der Waals surface area contributed by atoms with Crippen LogP contribution in [0.2, 0.25) is 0 Å². The van der Waals surface area contributed by atoms with Crippen molar-refractivity contribution in [2.24, 2.45) is 11.3 Å². The van der Waals surface area contributed by atoms with Crippen LogP contribution in [0.1, 0.15) is 27.7 Å². The first-order chi connectivity index (χ1) is 5.62. The quantitative estimate of drug-likeness (QED) is 0.493. The highest BCUT2D eigenvalue weighted by atomic mass is 31.2. The molecule has 0 aliphatic carbocycles. The van der Waals surface area contributed by atoms with Crippen LogP contribution in [-0.2, 0) is 4.57 Å². The molecule has 2 heteroatoms. The van der Waals surface area contributed by atoms with Gasteiger partial charge in [-0.15, -0.1) is 0 Å². The predicted molar refractivity (Wildman–Crippen MR) is 60.7 cm³/mol. The molecule has 0 rings (SSSR count). The van der Waals surface area contributed by atoms with Gasteiger partial charge in [-0.1, -0.05) is 25.7 Å². The maximum Gasteiger partial charge on any atom is 0.0833 e. The van der Waals surface area contributed by atoms with Crippen LogP contribution in [-0.4, -0.2) is 19.5 Å². The van der Waals surface area contributed by atoms with Gasteiger partial charge in [-0.25, -0.2) is 0 Å². The lowest BCUT2D eigenvalue weighted by atomic mass is 9.96. The van der Waals surface area contributed by atoms with Crippen molar-refractivity contribution in [1.29, 1.82) is 0 Å². The van der Waals surface area contributed by atoms with Gasteiger partial charge in [-0.05, 0) is 27.2 Å². The SMILES string of the molecule is CC(C)C#CC(C)(C)CP(C)(C)=O. The van der Waals surface area contributed by atoms with E-state index in [1.54, 1.807) is 0 Å². The molecule has 0 atom stereocenters. The van der Waals surface area contributed by atoms with Crippen molar-refractivity contribution < 1.29 is 4.57 Å². The molecule has 0 aliphatic heterocycles. The van der Waals surface area contributed by atoms with Crippen molar-refractivity contribution in [2.45, 2.75) is 27.7 Å². The van der Waals surface area contributed by atoms with Gasteiger partial charge in [0.05, 0.1) is 7.14 Å². The van der Waals surface area contributed by atoms with Crippen LogP contribution >= 0.6 is 7.14 Å². The van der Waals surface area contributed by atoms with E-state index in [9.17, 15) is 4.57 Å². The van der Waals surface area contributed by atoms with Crippen LogP contribution in [0.15, 0.2) is 0 Å². The Morgan fingerprint density at radius 2 is 1.77 bits per heavy atom. The summed E-state index contributed by atoms with van der Waals surface area (Å²) < 4.78 is 11.6. The van der Waals surface area contributed by atoms with Gasteiger partial charge in [0.1, 0.15) is 0 Å². The van der Waals surface area contributed by atoms with Crippen LogP contribution < -0.4 is 0 Å².